The van der Waals surface area contributed by atoms with Crippen LogP contribution in [0.4, 0.5) is 0 Å². The van der Waals surface area contributed by atoms with Gasteiger partial charge in [-0.1, -0.05) is 44.9 Å². The Bertz CT molecular complexity index is 148. The van der Waals surface area contributed by atoms with Crippen LogP contribution in [0.1, 0.15) is 51.4 Å². The van der Waals surface area contributed by atoms with Gasteiger partial charge in [0.1, 0.15) is 5.94 Å². The van der Waals surface area contributed by atoms with E-state index in [1.807, 2.05) is 5.94 Å². The number of allylic oxidation sites excluding steroid dienone is 1. The predicted octanol–water partition coefficient (Wildman–Crippen LogP) is 3.12. The third-order valence-electron chi connectivity index (χ3n) is 2.76. The average molecular weight is 166 g/mol. The summed E-state index contributed by atoms with van der Waals surface area (Å²) in [6.45, 7) is 0. The molecule has 1 heteroatoms. The van der Waals surface area contributed by atoms with Gasteiger partial charge in [-0.3, -0.25) is 0 Å². The van der Waals surface area contributed by atoms with Gasteiger partial charge in [-0.2, -0.15) is 0 Å². The molecule has 0 bridgehead atoms. The van der Waals surface area contributed by atoms with Crippen LogP contribution in [0.15, 0.2) is 6.08 Å². The minimum absolute atomic E-state index is 0.770. The second-order valence-electron chi connectivity index (χ2n) is 3.77. The molecule has 0 spiro atoms. The molecule has 0 atom stereocenters. The first-order valence-corrected chi connectivity index (χ1v) is 5.13. The van der Waals surface area contributed by atoms with E-state index < -0.39 is 0 Å². The van der Waals surface area contributed by atoms with Crippen molar-refractivity contribution in [2.24, 2.45) is 5.92 Å². The molecule has 0 amide bonds. The summed E-state index contributed by atoms with van der Waals surface area (Å²) in [5.74, 6) is 2.65. The highest BCUT2D eigenvalue weighted by Gasteiger charge is 2.09. The van der Waals surface area contributed by atoms with Gasteiger partial charge in [0.15, 0.2) is 0 Å². The molecule has 0 saturated heterocycles. The highest BCUT2D eigenvalue weighted by atomic mass is 16.1. The van der Waals surface area contributed by atoms with E-state index in [2.05, 4.69) is 0 Å². The lowest BCUT2D eigenvalue weighted by Crippen LogP contribution is -2.02. The summed E-state index contributed by atoms with van der Waals surface area (Å²) in [5, 5.41) is 0. The van der Waals surface area contributed by atoms with Crippen molar-refractivity contribution >= 4 is 5.94 Å². The third-order valence-corrected chi connectivity index (χ3v) is 2.76. The van der Waals surface area contributed by atoms with Crippen molar-refractivity contribution in [1.82, 2.24) is 0 Å². The van der Waals surface area contributed by atoms with Crippen LogP contribution in [0.25, 0.3) is 0 Å². The van der Waals surface area contributed by atoms with E-state index in [0.717, 1.165) is 12.3 Å². The number of hydrogen-bond donors (Lipinski definition) is 0. The van der Waals surface area contributed by atoms with Crippen molar-refractivity contribution < 1.29 is 4.79 Å². The van der Waals surface area contributed by atoms with Crippen molar-refractivity contribution in [2.45, 2.75) is 51.4 Å². The first kappa shape index (κ1) is 9.54. The molecule has 0 aliphatic heterocycles. The smallest absolute Gasteiger partial charge is 0.120 e. The van der Waals surface area contributed by atoms with Crippen molar-refractivity contribution in [3.05, 3.63) is 6.08 Å². The zero-order valence-corrected chi connectivity index (χ0v) is 7.72. The van der Waals surface area contributed by atoms with Crippen molar-refractivity contribution in [2.75, 3.05) is 0 Å². The molecule has 1 saturated carbocycles. The van der Waals surface area contributed by atoms with Crippen LogP contribution < -0.4 is 0 Å². The Morgan fingerprint density at radius 3 is 2.25 bits per heavy atom. The average Bonchev–Trinajstić information content (AvgIpc) is 2.02. The second kappa shape index (κ2) is 6.02. The Hall–Kier alpha value is -0.550. The molecule has 0 aromatic rings. The molecule has 1 aliphatic carbocycles. The fourth-order valence-corrected chi connectivity index (χ4v) is 1.99. The predicted molar refractivity (Wildman–Crippen MR) is 50.7 cm³/mol. The summed E-state index contributed by atoms with van der Waals surface area (Å²) < 4.78 is 0. The van der Waals surface area contributed by atoms with Crippen LogP contribution in [-0.2, 0) is 4.79 Å². The summed E-state index contributed by atoms with van der Waals surface area (Å²) in [4.78, 5) is 10.0. The zero-order chi connectivity index (χ0) is 8.65. The van der Waals surface area contributed by atoms with E-state index in [0.29, 0.717) is 0 Å². The van der Waals surface area contributed by atoms with Crippen LogP contribution in [0.2, 0.25) is 0 Å². The summed E-state index contributed by atoms with van der Waals surface area (Å²) >= 11 is 0. The summed E-state index contributed by atoms with van der Waals surface area (Å²) in [6, 6.07) is 0. The number of carbonyl (C=O) groups excluding carboxylic acids is 1. The van der Waals surface area contributed by atoms with E-state index >= 15 is 0 Å². The van der Waals surface area contributed by atoms with E-state index in [4.69, 9.17) is 0 Å². The molecule has 0 radical (unpaired) electrons. The van der Waals surface area contributed by atoms with Crippen LogP contribution in [-0.4, -0.2) is 5.94 Å². The molecule has 68 valence electrons. The lowest BCUT2D eigenvalue weighted by atomic mass is 9.89. The molecular formula is C11H18O. The zero-order valence-electron chi connectivity index (χ0n) is 7.72. The molecule has 0 heterocycles. The van der Waals surface area contributed by atoms with Gasteiger partial charge in [-0.25, -0.2) is 4.79 Å². The Kier molecular flexibility index (Phi) is 4.79. The maximum absolute atomic E-state index is 10.0. The lowest BCUT2D eigenvalue weighted by molar-refractivity contribution is 0.381. The molecule has 0 aromatic carbocycles. The van der Waals surface area contributed by atoms with E-state index in [1.165, 1.54) is 44.9 Å². The Labute approximate surface area is 74.9 Å². The van der Waals surface area contributed by atoms with E-state index in [9.17, 15) is 4.79 Å². The fraction of sp³-hybridized carbons (Fsp3) is 0.818. The molecule has 1 nitrogen and oxygen atoms in total. The summed E-state index contributed by atoms with van der Waals surface area (Å²) in [6.07, 6.45) is 12.2. The summed E-state index contributed by atoms with van der Waals surface area (Å²) in [5.41, 5.74) is 0. The molecule has 1 aliphatic rings. The Morgan fingerprint density at radius 2 is 1.67 bits per heavy atom. The van der Waals surface area contributed by atoms with Gasteiger partial charge in [0, 0.05) is 6.08 Å². The quantitative estimate of drug-likeness (QED) is 0.576. The topological polar surface area (TPSA) is 17.1 Å². The lowest BCUT2D eigenvalue weighted by Gasteiger charge is -2.17. The molecule has 0 unspecified atom stereocenters. The van der Waals surface area contributed by atoms with Crippen LogP contribution in [0, 0.1) is 5.92 Å². The van der Waals surface area contributed by atoms with E-state index in [1.54, 1.807) is 6.08 Å². The van der Waals surface area contributed by atoms with Crippen LogP contribution in [0.3, 0.4) is 0 Å². The molecular weight excluding hydrogens is 148 g/mol. The van der Waals surface area contributed by atoms with Crippen molar-refractivity contribution in [3.63, 3.8) is 0 Å². The minimum Gasteiger partial charge on any atom is -0.234 e. The van der Waals surface area contributed by atoms with Crippen molar-refractivity contribution in [1.29, 1.82) is 0 Å². The highest BCUT2D eigenvalue weighted by molar-refractivity contribution is 5.44. The SMILES string of the molecule is O=C=CCC1CCCCCCC1. The maximum Gasteiger partial charge on any atom is 0.120 e. The van der Waals surface area contributed by atoms with Gasteiger partial charge >= 0.3 is 0 Å². The molecule has 1 rings (SSSR count). The highest BCUT2D eigenvalue weighted by Crippen LogP contribution is 2.24. The van der Waals surface area contributed by atoms with Gasteiger partial charge in [-0.05, 0) is 12.3 Å². The van der Waals surface area contributed by atoms with Gasteiger partial charge in [-0.15, -0.1) is 0 Å². The van der Waals surface area contributed by atoms with E-state index in [-0.39, 0.29) is 0 Å². The Balaban J connectivity index is 2.24. The monoisotopic (exact) mass is 166 g/mol. The van der Waals surface area contributed by atoms with Crippen LogP contribution in [0.5, 0.6) is 0 Å². The minimum atomic E-state index is 0.770. The van der Waals surface area contributed by atoms with Gasteiger partial charge < -0.3 is 0 Å². The first-order chi connectivity index (χ1) is 5.93. The number of hydrogen-bond acceptors (Lipinski definition) is 1. The summed E-state index contributed by atoms with van der Waals surface area (Å²) in [7, 11) is 0. The van der Waals surface area contributed by atoms with Gasteiger partial charge in [0.25, 0.3) is 0 Å². The fourth-order valence-electron chi connectivity index (χ4n) is 1.99. The largest absolute Gasteiger partial charge is 0.234 e. The molecule has 0 aromatic heterocycles. The standard InChI is InChI=1S/C11H18O/c12-10-6-9-11-7-4-2-1-3-5-8-11/h6,11H,1-5,7-9H2. The molecule has 1 fully saturated rings. The Morgan fingerprint density at radius 1 is 1.08 bits per heavy atom. The second-order valence-corrected chi connectivity index (χ2v) is 3.77. The van der Waals surface area contributed by atoms with Crippen molar-refractivity contribution in [3.8, 4) is 0 Å². The maximum atomic E-state index is 10.0. The third kappa shape index (κ3) is 3.73. The molecule has 0 N–H and O–H groups in total. The normalized spacial score (nSPS) is 20.7. The van der Waals surface area contributed by atoms with Crippen LogP contribution >= 0.6 is 0 Å². The molecule has 12 heavy (non-hydrogen) atoms. The van der Waals surface area contributed by atoms with Gasteiger partial charge in [0.05, 0.1) is 0 Å². The first-order valence-electron chi connectivity index (χ1n) is 5.13. The number of rotatable bonds is 2. The van der Waals surface area contributed by atoms with Gasteiger partial charge in [0.2, 0.25) is 0 Å².